The summed E-state index contributed by atoms with van der Waals surface area (Å²) < 4.78 is 10.1. The maximum Gasteiger partial charge on any atom is 0.338 e. The Morgan fingerprint density at radius 1 is 0.633 bits per heavy atom. The highest BCUT2D eigenvalue weighted by Gasteiger charge is 2.12. The van der Waals surface area contributed by atoms with Crippen molar-refractivity contribution < 1.29 is 19.1 Å². The van der Waals surface area contributed by atoms with E-state index in [1.54, 1.807) is 38.1 Å². The quantitative estimate of drug-likeness (QED) is 0.475. The van der Waals surface area contributed by atoms with Crippen molar-refractivity contribution in [3.05, 3.63) is 82.9 Å². The summed E-state index contributed by atoms with van der Waals surface area (Å²) in [5, 5.41) is 0. The van der Waals surface area contributed by atoms with Gasteiger partial charge >= 0.3 is 11.9 Å². The molecule has 3 aromatic carbocycles. The van der Waals surface area contributed by atoms with Gasteiger partial charge in [0.25, 0.3) is 0 Å². The summed E-state index contributed by atoms with van der Waals surface area (Å²) in [6.45, 7) is 8.46. The van der Waals surface area contributed by atoms with Gasteiger partial charge in [-0.1, -0.05) is 36.4 Å². The number of carbonyl (C=O) groups is 2. The fourth-order valence-electron chi connectivity index (χ4n) is 3.44. The van der Waals surface area contributed by atoms with Gasteiger partial charge in [0.05, 0.1) is 24.3 Å². The zero-order chi connectivity index (χ0) is 21.7. The standard InChI is InChI=1S/C26H26O4/c1-5-29-25(27)21-11-7-19(8-12-21)23-15-18(4)24(16-17(23)3)20-9-13-22(14-10-20)26(28)30-6-2/h7-16H,5-6H2,1-4H3. The van der Waals surface area contributed by atoms with Crippen molar-refractivity contribution >= 4 is 11.9 Å². The molecule has 0 N–H and O–H groups in total. The zero-order valence-corrected chi connectivity index (χ0v) is 17.8. The van der Waals surface area contributed by atoms with Crippen LogP contribution in [0, 0.1) is 13.8 Å². The van der Waals surface area contributed by atoms with E-state index in [9.17, 15) is 9.59 Å². The minimum absolute atomic E-state index is 0.307. The van der Waals surface area contributed by atoms with Gasteiger partial charge in [-0.25, -0.2) is 9.59 Å². The third-order valence-corrected chi connectivity index (χ3v) is 4.99. The average Bonchev–Trinajstić information content (AvgIpc) is 2.75. The van der Waals surface area contributed by atoms with Crippen LogP contribution in [0.25, 0.3) is 22.3 Å². The van der Waals surface area contributed by atoms with Crippen molar-refractivity contribution in [3.8, 4) is 22.3 Å². The first kappa shape index (κ1) is 21.3. The van der Waals surface area contributed by atoms with Gasteiger partial charge in [-0.15, -0.1) is 0 Å². The molecule has 154 valence electrons. The Labute approximate surface area is 177 Å². The normalized spacial score (nSPS) is 10.5. The number of rotatable bonds is 6. The topological polar surface area (TPSA) is 52.6 Å². The van der Waals surface area contributed by atoms with Crippen LogP contribution in [0.5, 0.6) is 0 Å². The summed E-state index contributed by atoms with van der Waals surface area (Å²) in [6.07, 6.45) is 0. The fraction of sp³-hybridized carbons (Fsp3) is 0.231. The lowest BCUT2D eigenvalue weighted by Gasteiger charge is -2.14. The molecule has 3 rings (SSSR count). The number of aryl methyl sites for hydroxylation is 2. The smallest absolute Gasteiger partial charge is 0.338 e. The Kier molecular flexibility index (Phi) is 6.68. The van der Waals surface area contributed by atoms with E-state index in [4.69, 9.17) is 9.47 Å². The van der Waals surface area contributed by atoms with Crippen molar-refractivity contribution in [2.45, 2.75) is 27.7 Å². The number of esters is 2. The van der Waals surface area contributed by atoms with Gasteiger partial charge in [0.2, 0.25) is 0 Å². The van der Waals surface area contributed by atoms with Gasteiger partial charge in [0.15, 0.2) is 0 Å². The summed E-state index contributed by atoms with van der Waals surface area (Å²) >= 11 is 0. The van der Waals surface area contributed by atoms with Crippen LogP contribution in [0.3, 0.4) is 0 Å². The molecular formula is C26H26O4. The maximum atomic E-state index is 11.9. The Morgan fingerprint density at radius 2 is 0.967 bits per heavy atom. The van der Waals surface area contributed by atoms with Crippen LogP contribution in [0.1, 0.15) is 45.7 Å². The monoisotopic (exact) mass is 402 g/mol. The summed E-state index contributed by atoms with van der Waals surface area (Å²) in [7, 11) is 0. The lowest BCUT2D eigenvalue weighted by Crippen LogP contribution is -2.04. The van der Waals surface area contributed by atoms with Crippen molar-refractivity contribution in [2.24, 2.45) is 0 Å². The van der Waals surface area contributed by atoms with Gasteiger partial charge in [-0.3, -0.25) is 0 Å². The molecule has 0 radical (unpaired) electrons. The van der Waals surface area contributed by atoms with Crippen molar-refractivity contribution in [3.63, 3.8) is 0 Å². The second-order valence-electron chi connectivity index (χ2n) is 7.08. The van der Waals surface area contributed by atoms with Gasteiger partial charge < -0.3 is 9.47 Å². The molecule has 0 amide bonds. The van der Waals surface area contributed by atoms with Crippen LogP contribution in [0.15, 0.2) is 60.7 Å². The molecule has 0 aromatic heterocycles. The number of carbonyl (C=O) groups excluding carboxylic acids is 2. The highest BCUT2D eigenvalue weighted by molar-refractivity contribution is 5.91. The van der Waals surface area contributed by atoms with Crippen LogP contribution in [-0.4, -0.2) is 25.2 Å². The summed E-state index contributed by atoms with van der Waals surface area (Å²) in [5.74, 6) is -0.614. The third-order valence-electron chi connectivity index (χ3n) is 4.99. The van der Waals surface area contributed by atoms with E-state index in [2.05, 4.69) is 26.0 Å². The Morgan fingerprint density at radius 3 is 1.27 bits per heavy atom. The zero-order valence-electron chi connectivity index (χ0n) is 17.8. The molecule has 0 aliphatic heterocycles. The number of ether oxygens (including phenoxy) is 2. The number of hydrogen-bond acceptors (Lipinski definition) is 4. The summed E-state index contributed by atoms with van der Waals surface area (Å²) in [5.41, 5.74) is 7.70. The predicted octanol–water partition coefficient (Wildman–Crippen LogP) is 5.99. The van der Waals surface area contributed by atoms with Crippen molar-refractivity contribution in [1.29, 1.82) is 0 Å². The molecule has 0 bridgehead atoms. The molecule has 30 heavy (non-hydrogen) atoms. The van der Waals surface area contributed by atoms with E-state index >= 15 is 0 Å². The van der Waals surface area contributed by atoms with E-state index in [0.717, 1.165) is 33.4 Å². The molecule has 4 heteroatoms. The minimum atomic E-state index is -0.307. The minimum Gasteiger partial charge on any atom is -0.462 e. The molecule has 0 aliphatic rings. The van der Waals surface area contributed by atoms with Crippen molar-refractivity contribution in [2.75, 3.05) is 13.2 Å². The first-order chi connectivity index (χ1) is 14.4. The Balaban J connectivity index is 1.89. The molecule has 0 unspecified atom stereocenters. The fourth-order valence-corrected chi connectivity index (χ4v) is 3.44. The van der Waals surface area contributed by atoms with Crippen LogP contribution in [0.4, 0.5) is 0 Å². The van der Waals surface area contributed by atoms with Crippen LogP contribution in [-0.2, 0) is 9.47 Å². The second-order valence-corrected chi connectivity index (χ2v) is 7.08. The first-order valence-corrected chi connectivity index (χ1v) is 10.1. The summed E-state index contributed by atoms with van der Waals surface area (Å²) in [6, 6.07) is 19.3. The highest BCUT2D eigenvalue weighted by atomic mass is 16.5. The Bertz CT molecular complexity index is 960. The maximum absolute atomic E-state index is 11.9. The molecule has 0 heterocycles. The molecule has 0 saturated carbocycles. The second kappa shape index (κ2) is 9.40. The van der Waals surface area contributed by atoms with Crippen molar-refractivity contribution in [1.82, 2.24) is 0 Å². The lowest BCUT2D eigenvalue weighted by atomic mass is 9.91. The van der Waals surface area contributed by atoms with Crippen LogP contribution in [0.2, 0.25) is 0 Å². The Hall–Kier alpha value is -3.40. The highest BCUT2D eigenvalue weighted by Crippen LogP contribution is 2.32. The van der Waals surface area contributed by atoms with Gasteiger partial charge in [-0.05, 0) is 85.3 Å². The van der Waals surface area contributed by atoms with E-state index in [-0.39, 0.29) is 11.9 Å². The molecule has 3 aromatic rings. The van der Waals surface area contributed by atoms with E-state index in [1.165, 1.54) is 0 Å². The molecule has 0 spiro atoms. The largest absolute Gasteiger partial charge is 0.462 e. The summed E-state index contributed by atoms with van der Waals surface area (Å²) in [4.78, 5) is 23.7. The van der Waals surface area contributed by atoms with E-state index in [0.29, 0.717) is 24.3 Å². The number of benzene rings is 3. The predicted molar refractivity (Wildman–Crippen MR) is 119 cm³/mol. The molecule has 0 atom stereocenters. The molecule has 4 nitrogen and oxygen atoms in total. The lowest BCUT2D eigenvalue weighted by molar-refractivity contribution is 0.0517. The average molecular weight is 402 g/mol. The van der Waals surface area contributed by atoms with Gasteiger partial charge in [0.1, 0.15) is 0 Å². The SMILES string of the molecule is CCOC(=O)c1ccc(-c2cc(C)c(-c3ccc(C(=O)OCC)cc3)cc2C)cc1. The van der Waals surface area contributed by atoms with Gasteiger partial charge in [0, 0.05) is 0 Å². The van der Waals surface area contributed by atoms with Crippen LogP contribution < -0.4 is 0 Å². The molecular weight excluding hydrogens is 376 g/mol. The molecule has 0 fully saturated rings. The molecule has 0 aliphatic carbocycles. The molecule has 0 saturated heterocycles. The van der Waals surface area contributed by atoms with E-state index < -0.39 is 0 Å². The number of hydrogen-bond donors (Lipinski definition) is 0. The third kappa shape index (κ3) is 4.60. The first-order valence-electron chi connectivity index (χ1n) is 10.1. The van der Waals surface area contributed by atoms with Crippen LogP contribution >= 0.6 is 0 Å². The van der Waals surface area contributed by atoms with E-state index in [1.807, 2.05) is 24.3 Å². The van der Waals surface area contributed by atoms with Gasteiger partial charge in [-0.2, -0.15) is 0 Å².